The third-order valence-electron chi connectivity index (χ3n) is 2.66. The SMILES string of the molecule is Cc1cc(C)c(C(=O)O)c(NCCNC(=O)N(C)C)n1. The predicted octanol–water partition coefficient (Wildman–Crippen LogP) is 1.08. The second-order valence-electron chi connectivity index (χ2n) is 4.66. The summed E-state index contributed by atoms with van der Waals surface area (Å²) in [7, 11) is 3.30. The van der Waals surface area contributed by atoms with Gasteiger partial charge in [-0.2, -0.15) is 0 Å². The van der Waals surface area contributed by atoms with Crippen LogP contribution in [0.25, 0.3) is 0 Å². The quantitative estimate of drug-likeness (QED) is 0.702. The highest BCUT2D eigenvalue weighted by Gasteiger charge is 2.15. The first kappa shape index (κ1) is 15.7. The Labute approximate surface area is 118 Å². The van der Waals surface area contributed by atoms with E-state index in [2.05, 4.69) is 15.6 Å². The summed E-state index contributed by atoms with van der Waals surface area (Å²) in [5.74, 6) is -0.691. The van der Waals surface area contributed by atoms with Gasteiger partial charge >= 0.3 is 12.0 Å². The van der Waals surface area contributed by atoms with Crippen LogP contribution in [0.4, 0.5) is 10.6 Å². The number of nitrogens with one attached hydrogen (secondary N) is 2. The minimum Gasteiger partial charge on any atom is -0.478 e. The molecule has 0 aromatic carbocycles. The number of rotatable bonds is 5. The van der Waals surface area contributed by atoms with Crippen molar-refractivity contribution in [3.05, 3.63) is 22.9 Å². The number of anilines is 1. The standard InChI is InChI=1S/C13H20N4O3/c1-8-7-9(2)16-11(10(8)12(18)19)14-5-6-15-13(20)17(3)4/h7H,5-6H2,1-4H3,(H,14,16)(H,15,20)(H,18,19). The Bertz CT molecular complexity index is 515. The molecule has 0 radical (unpaired) electrons. The molecule has 0 unspecified atom stereocenters. The minimum absolute atomic E-state index is 0.162. The smallest absolute Gasteiger partial charge is 0.339 e. The molecule has 0 atom stereocenters. The predicted molar refractivity (Wildman–Crippen MR) is 76.2 cm³/mol. The van der Waals surface area contributed by atoms with Gasteiger partial charge in [0.2, 0.25) is 0 Å². The number of carbonyl (C=O) groups excluding carboxylic acids is 1. The van der Waals surface area contributed by atoms with Crippen LogP contribution in [0.2, 0.25) is 0 Å². The van der Waals surface area contributed by atoms with E-state index in [4.69, 9.17) is 0 Å². The van der Waals surface area contributed by atoms with Gasteiger partial charge in [-0.1, -0.05) is 0 Å². The minimum atomic E-state index is -1.02. The van der Waals surface area contributed by atoms with Crippen molar-refractivity contribution in [2.24, 2.45) is 0 Å². The maximum absolute atomic E-state index is 11.3. The van der Waals surface area contributed by atoms with Crippen LogP contribution in [0.5, 0.6) is 0 Å². The normalized spacial score (nSPS) is 10.0. The van der Waals surface area contributed by atoms with Gasteiger partial charge in [-0.3, -0.25) is 0 Å². The first-order valence-electron chi connectivity index (χ1n) is 6.23. The maximum Gasteiger partial charge on any atom is 0.339 e. The summed E-state index contributed by atoms with van der Waals surface area (Å²) < 4.78 is 0. The van der Waals surface area contributed by atoms with Gasteiger partial charge in [0.1, 0.15) is 11.4 Å². The number of carbonyl (C=O) groups is 2. The lowest BCUT2D eigenvalue weighted by atomic mass is 10.1. The van der Waals surface area contributed by atoms with Crippen LogP contribution in [-0.4, -0.2) is 54.2 Å². The Hall–Kier alpha value is -2.31. The van der Waals surface area contributed by atoms with Gasteiger partial charge in [-0.25, -0.2) is 14.6 Å². The summed E-state index contributed by atoms with van der Waals surface area (Å²) in [6, 6.07) is 1.53. The van der Waals surface area contributed by atoms with Gasteiger partial charge in [-0.05, 0) is 25.5 Å². The van der Waals surface area contributed by atoms with E-state index in [1.54, 1.807) is 34.0 Å². The number of carboxylic acids is 1. The number of hydrogen-bond acceptors (Lipinski definition) is 4. The molecule has 0 spiro atoms. The zero-order valence-corrected chi connectivity index (χ0v) is 12.1. The van der Waals surface area contributed by atoms with Crippen LogP contribution in [0.3, 0.4) is 0 Å². The van der Waals surface area contributed by atoms with E-state index in [0.29, 0.717) is 24.5 Å². The van der Waals surface area contributed by atoms with Gasteiger partial charge in [0.25, 0.3) is 0 Å². The summed E-state index contributed by atoms with van der Waals surface area (Å²) in [5, 5.41) is 14.8. The molecule has 0 saturated heterocycles. The second-order valence-corrected chi connectivity index (χ2v) is 4.66. The topological polar surface area (TPSA) is 94.6 Å². The van der Waals surface area contributed by atoms with Crippen molar-refractivity contribution in [2.75, 3.05) is 32.5 Å². The fourth-order valence-electron chi connectivity index (χ4n) is 1.74. The maximum atomic E-state index is 11.3. The molecule has 7 nitrogen and oxygen atoms in total. The Morgan fingerprint density at radius 1 is 1.30 bits per heavy atom. The highest BCUT2D eigenvalue weighted by Crippen LogP contribution is 2.18. The third-order valence-corrected chi connectivity index (χ3v) is 2.66. The molecular formula is C13H20N4O3. The molecular weight excluding hydrogens is 260 g/mol. The molecule has 1 aromatic rings. The number of aromatic carboxylic acids is 1. The highest BCUT2D eigenvalue weighted by atomic mass is 16.4. The van der Waals surface area contributed by atoms with E-state index >= 15 is 0 Å². The first-order chi connectivity index (χ1) is 9.32. The zero-order valence-electron chi connectivity index (χ0n) is 12.1. The lowest BCUT2D eigenvalue weighted by molar-refractivity contribution is 0.0696. The van der Waals surface area contributed by atoms with E-state index < -0.39 is 5.97 Å². The van der Waals surface area contributed by atoms with E-state index in [1.165, 1.54) is 4.90 Å². The van der Waals surface area contributed by atoms with E-state index in [1.807, 2.05) is 0 Å². The Kier molecular flexibility index (Phi) is 5.31. The van der Waals surface area contributed by atoms with E-state index in [9.17, 15) is 14.7 Å². The number of hydrogen-bond donors (Lipinski definition) is 3. The van der Waals surface area contributed by atoms with Crippen LogP contribution in [0, 0.1) is 13.8 Å². The summed E-state index contributed by atoms with van der Waals surface area (Å²) in [6.07, 6.45) is 0. The van der Waals surface area contributed by atoms with Gasteiger partial charge in [-0.15, -0.1) is 0 Å². The molecule has 1 rings (SSSR count). The van der Waals surface area contributed by atoms with Crippen LogP contribution < -0.4 is 10.6 Å². The molecule has 1 heterocycles. The van der Waals surface area contributed by atoms with Crippen LogP contribution in [0.15, 0.2) is 6.07 Å². The summed E-state index contributed by atoms with van der Waals surface area (Å²) in [5.41, 5.74) is 1.56. The molecule has 2 amide bonds. The lowest BCUT2D eigenvalue weighted by Crippen LogP contribution is -2.37. The van der Waals surface area contributed by atoms with Gasteiger partial charge < -0.3 is 20.6 Å². The number of aromatic nitrogens is 1. The number of aryl methyl sites for hydroxylation is 2. The molecule has 0 fully saturated rings. The Morgan fingerprint density at radius 3 is 2.50 bits per heavy atom. The summed E-state index contributed by atoms with van der Waals surface area (Å²) >= 11 is 0. The molecule has 0 aliphatic carbocycles. The Morgan fingerprint density at radius 2 is 1.95 bits per heavy atom. The molecule has 0 aliphatic rings. The number of urea groups is 1. The summed E-state index contributed by atoms with van der Waals surface area (Å²) in [6.45, 7) is 4.31. The van der Waals surface area contributed by atoms with Crippen molar-refractivity contribution in [1.82, 2.24) is 15.2 Å². The molecule has 3 N–H and O–H groups in total. The monoisotopic (exact) mass is 280 g/mol. The fourth-order valence-corrected chi connectivity index (χ4v) is 1.74. The van der Waals surface area contributed by atoms with Crippen molar-refractivity contribution in [3.8, 4) is 0 Å². The fraction of sp³-hybridized carbons (Fsp3) is 0.462. The van der Waals surface area contributed by atoms with Crippen LogP contribution in [0.1, 0.15) is 21.6 Å². The second kappa shape index (κ2) is 6.74. The lowest BCUT2D eigenvalue weighted by Gasteiger charge is -2.14. The largest absolute Gasteiger partial charge is 0.478 e. The van der Waals surface area contributed by atoms with Gasteiger partial charge in [0.05, 0.1) is 0 Å². The zero-order chi connectivity index (χ0) is 15.3. The summed E-state index contributed by atoms with van der Waals surface area (Å²) in [4.78, 5) is 28.2. The molecule has 0 saturated carbocycles. The first-order valence-corrected chi connectivity index (χ1v) is 6.23. The van der Waals surface area contributed by atoms with Gasteiger partial charge in [0.15, 0.2) is 0 Å². The van der Waals surface area contributed by atoms with Crippen molar-refractivity contribution >= 4 is 17.8 Å². The van der Waals surface area contributed by atoms with E-state index in [0.717, 1.165) is 5.69 Å². The molecule has 110 valence electrons. The average Bonchev–Trinajstić information content (AvgIpc) is 2.32. The number of nitrogens with zero attached hydrogens (tertiary/aromatic N) is 2. The van der Waals surface area contributed by atoms with E-state index in [-0.39, 0.29) is 11.6 Å². The number of pyridine rings is 1. The molecule has 0 aliphatic heterocycles. The highest BCUT2D eigenvalue weighted by molar-refractivity contribution is 5.94. The molecule has 0 bridgehead atoms. The third kappa shape index (κ3) is 4.11. The molecule has 1 aromatic heterocycles. The van der Waals surface area contributed by atoms with Crippen molar-refractivity contribution in [2.45, 2.75) is 13.8 Å². The van der Waals surface area contributed by atoms with Gasteiger partial charge in [0, 0.05) is 32.9 Å². The Balaban J connectivity index is 2.68. The number of amides is 2. The average molecular weight is 280 g/mol. The molecule has 20 heavy (non-hydrogen) atoms. The number of carboxylic acid groups (broad SMARTS) is 1. The van der Waals surface area contributed by atoms with Crippen molar-refractivity contribution in [3.63, 3.8) is 0 Å². The van der Waals surface area contributed by atoms with Crippen LogP contribution >= 0.6 is 0 Å². The molecule has 7 heteroatoms. The van der Waals surface area contributed by atoms with Crippen LogP contribution in [-0.2, 0) is 0 Å². The van der Waals surface area contributed by atoms with Crippen molar-refractivity contribution in [1.29, 1.82) is 0 Å². The van der Waals surface area contributed by atoms with Crippen molar-refractivity contribution < 1.29 is 14.7 Å².